The summed E-state index contributed by atoms with van der Waals surface area (Å²) >= 11 is 1.35. The summed E-state index contributed by atoms with van der Waals surface area (Å²) in [6.45, 7) is 1.03. The number of rotatable bonds is 6. The molecule has 7 heteroatoms. The van der Waals surface area contributed by atoms with E-state index in [9.17, 15) is 14.3 Å². The number of aliphatic hydroxyl groups excluding tert-OH is 1. The minimum Gasteiger partial charge on any atom is -0.390 e. The summed E-state index contributed by atoms with van der Waals surface area (Å²) in [5.41, 5.74) is 3.65. The molecule has 5 nitrogen and oxygen atoms in total. The maximum Gasteiger partial charge on any atom is 0.237 e. The normalized spacial score (nSPS) is 13.0. The Morgan fingerprint density at radius 1 is 1.18 bits per heavy atom. The van der Waals surface area contributed by atoms with Crippen molar-refractivity contribution >= 4 is 23.4 Å². The van der Waals surface area contributed by atoms with Gasteiger partial charge in [0.1, 0.15) is 5.82 Å². The standard InChI is InChI=1S/C21H20FN3O2S/c22-17-7-5-15(6-8-17)11-24-12-18(13-26)23-21(24)28-14-20(27)25-10-9-16-3-1-2-4-19(16)25/h1-8,12,26H,9-11,13-14H2. The molecule has 0 aliphatic carbocycles. The number of halogens is 1. The number of amides is 1. The zero-order valence-electron chi connectivity index (χ0n) is 15.2. The van der Waals surface area contributed by atoms with Crippen molar-refractivity contribution in [3.8, 4) is 0 Å². The molecule has 4 rings (SSSR count). The van der Waals surface area contributed by atoms with Crippen LogP contribution in [0.25, 0.3) is 0 Å². The van der Waals surface area contributed by atoms with Gasteiger partial charge in [-0.2, -0.15) is 0 Å². The smallest absolute Gasteiger partial charge is 0.237 e. The van der Waals surface area contributed by atoms with E-state index in [4.69, 9.17) is 0 Å². The van der Waals surface area contributed by atoms with Crippen molar-refractivity contribution in [3.05, 3.63) is 77.4 Å². The van der Waals surface area contributed by atoms with Crippen LogP contribution in [0, 0.1) is 5.82 Å². The molecule has 0 saturated carbocycles. The Hall–Kier alpha value is -2.64. The van der Waals surface area contributed by atoms with E-state index in [0.717, 1.165) is 17.7 Å². The van der Waals surface area contributed by atoms with Gasteiger partial charge in [-0.15, -0.1) is 0 Å². The fraction of sp³-hybridized carbons (Fsp3) is 0.238. The molecule has 3 aromatic rings. The van der Waals surface area contributed by atoms with Gasteiger partial charge in [0.25, 0.3) is 0 Å². The van der Waals surface area contributed by atoms with Crippen LogP contribution in [0.3, 0.4) is 0 Å². The summed E-state index contributed by atoms with van der Waals surface area (Å²) in [7, 11) is 0. The zero-order valence-corrected chi connectivity index (χ0v) is 16.0. The predicted molar refractivity (Wildman–Crippen MR) is 107 cm³/mol. The lowest BCUT2D eigenvalue weighted by Gasteiger charge is -2.17. The van der Waals surface area contributed by atoms with Gasteiger partial charge in [0, 0.05) is 25.0 Å². The molecule has 0 bridgehead atoms. The number of imidazole rings is 1. The second kappa shape index (κ2) is 8.16. The van der Waals surface area contributed by atoms with Crippen molar-refractivity contribution in [1.82, 2.24) is 9.55 Å². The fourth-order valence-corrected chi connectivity index (χ4v) is 4.22. The molecule has 1 aliphatic heterocycles. The summed E-state index contributed by atoms with van der Waals surface area (Å²) in [5.74, 6) is 0.0213. The number of hydrogen-bond donors (Lipinski definition) is 1. The van der Waals surface area contributed by atoms with E-state index >= 15 is 0 Å². The minimum atomic E-state index is -0.281. The first kappa shape index (κ1) is 18.7. The Labute approximate surface area is 166 Å². The van der Waals surface area contributed by atoms with Gasteiger partial charge in [0.2, 0.25) is 5.91 Å². The molecule has 0 saturated heterocycles. The number of para-hydroxylation sites is 1. The summed E-state index contributed by atoms with van der Waals surface area (Å²) in [6, 6.07) is 14.2. The third kappa shape index (κ3) is 3.95. The molecule has 0 fully saturated rings. The van der Waals surface area contributed by atoms with Gasteiger partial charge >= 0.3 is 0 Å². The summed E-state index contributed by atoms with van der Waals surface area (Å²) < 4.78 is 15.0. The summed E-state index contributed by atoms with van der Waals surface area (Å²) in [6.07, 6.45) is 2.64. The second-order valence-electron chi connectivity index (χ2n) is 6.64. The van der Waals surface area contributed by atoms with Gasteiger partial charge in [-0.3, -0.25) is 4.79 Å². The Bertz CT molecular complexity index is 988. The van der Waals surface area contributed by atoms with Crippen molar-refractivity contribution in [3.63, 3.8) is 0 Å². The van der Waals surface area contributed by atoms with Crippen LogP contribution in [-0.4, -0.2) is 32.9 Å². The first-order chi connectivity index (χ1) is 13.6. The first-order valence-electron chi connectivity index (χ1n) is 9.06. The topological polar surface area (TPSA) is 58.4 Å². The van der Waals surface area contributed by atoms with E-state index in [0.29, 0.717) is 23.9 Å². The molecule has 0 unspecified atom stereocenters. The van der Waals surface area contributed by atoms with Gasteiger partial charge in [-0.1, -0.05) is 42.1 Å². The molecule has 2 aromatic carbocycles. The molecule has 144 valence electrons. The third-order valence-corrected chi connectivity index (χ3v) is 5.71. The Morgan fingerprint density at radius 2 is 1.96 bits per heavy atom. The van der Waals surface area contributed by atoms with Crippen LogP contribution in [0.4, 0.5) is 10.1 Å². The number of anilines is 1. The molecule has 0 radical (unpaired) electrons. The molecule has 1 aromatic heterocycles. The predicted octanol–water partition coefficient (Wildman–Crippen LogP) is 3.24. The highest BCUT2D eigenvalue weighted by molar-refractivity contribution is 7.99. The number of benzene rings is 2. The quantitative estimate of drug-likeness (QED) is 0.649. The zero-order chi connectivity index (χ0) is 19.5. The van der Waals surface area contributed by atoms with Crippen LogP contribution in [0.15, 0.2) is 59.9 Å². The Morgan fingerprint density at radius 3 is 2.75 bits per heavy atom. The minimum absolute atomic E-state index is 0.0387. The molecule has 0 atom stereocenters. The first-order valence-corrected chi connectivity index (χ1v) is 10.0. The number of aromatic nitrogens is 2. The van der Waals surface area contributed by atoms with Gasteiger partial charge in [0.05, 0.1) is 18.1 Å². The van der Waals surface area contributed by atoms with Crippen LogP contribution in [-0.2, 0) is 24.4 Å². The van der Waals surface area contributed by atoms with E-state index in [1.165, 1.54) is 29.5 Å². The second-order valence-corrected chi connectivity index (χ2v) is 7.58. The van der Waals surface area contributed by atoms with E-state index in [1.807, 2.05) is 27.7 Å². The van der Waals surface area contributed by atoms with Crippen molar-refractivity contribution in [1.29, 1.82) is 0 Å². The highest BCUT2D eigenvalue weighted by atomic mass is 32.2. The number of hydrogen-bond acceptors (Lipinski definition) is 4. The highest BCUT2D eigenvalue weighted by Gasteiger charge is 2.24. The number of thioether (sulfide) groups is 1. The maximum atomic E-state index is 13.1. The monoisotopic (exact) mass is 397 g/mol. The largest absolute Gasteiger partial charge is 0.390 e. The lowest BCUT2D eigenvalue weighted by atomic mass is 10.2. The Kier molecular flexibility index (Phi) is 5.45. The van der Waals surface area contributed by atoms with E-state index in [-0.39, 0.29) is 24.1 Å². The maximum absolute atomic E-state index is 13.1. The van der Waals surface area contributed by atoms with Crippen molar-refractivity contribution in [2.75, 3.05) is 17.2 Å². The Balaban J connectivity index is 1.46. The van der Waals surface area contributed by atoms with Crippen LogP contribution >= 0.6 is 11.8 Å². The van der Waals surface area contributed by atoms with E-state index in [2.05, 4.69) is 11.1 Å². The molecule has 1 N–H and O–H groups in total. The SMILES string of the molecule is O=C(CSc1nc(CO)cn1Cc1ccc(F)cc1)N1CCc2ccccc21. The molecule has 0 spiro atoms. The van der Waals surface area contributed by atoms with Gasteiger partial charge in [-0.25, -0.2) is 9.37 Å². The number of fused-ring (bicyclic) bond motifs is 1. The molecular weight excluding hydrogens is 377 g/mol. The highest BCUT2D eigenvalue weighted by Crippen LogP contribution is 2.29. The number of aliphatic hydroxyl groups is 1. The average molecular weight is 397 g/mol. The van der Waals surface area contributed by atoms with Crippen LogP contribution in [0.1, 0.15) is 16.8 Å². The molecule has 1 aliphatic rings. The van der Waals surface area contributed by atoms with Crippen molar-refractivity contribution in [2.45, 2.75) is 24.7 Å². The summed E-state index contributed by atoms with van der Waals surface area (Å²) in [5, 5.41) is 10.1. The van der Waals surface area contributed by atoms with Crippen molar-refractivity contribution < 1.29 is 14.3 Å². The van der Waals surface area contributed by atoms with Crippen LogP contribution in [0.5, 0.6) is 0 Å². The molecule has 28 heavy (non-hydrogen) atoms. The molecule has 1 amide bonds. The number of carbonyl (C=O) groups is 1. The van der Waals surface area contributed by atoms with Gasteiger partial charge < -0.3 is 14.6 Å². The van der Waals surface area contributed by atoms with E-state index < -0.39 is 0 Å². The lowest BCUT2D eigenvalue weighted by molar-refractivity contribution is -0.116. The van der Waals surface area contributed by atoms with Crippen LogP contribution in [0.2, 0.25) is 0 Å². The van der Waals surface area contributed by atoms with E-state index in [1.54, 1.807) is 18.3 Å². The van der Waals surface area contributed by atoms with Gasteiger partial charge in [-0.05, 0) is 35.7 Å². The number of carbonyl (C=O) groups excluding carboxylic acids is 1. The number of nitrogens with zero attached hydrogens (tertiary/aromatic N) is 3. The fourth-order valence-electron chi connectivity index (χ4n) is 3.34. The average Bonchev–Trinajstić information content (AvgIpc) is 3.32. The molecular formula is C21H20FN3O2S. The van der Waals surface area contributed by atoms with Crippen molar-refractivity contribution in [2.24, 2.45) is 0 Å². The van der Waals surface area contributed by atoms with Crippen LogP contribution < -0.4 is 4.90 Å². The summed E-state index contributed by atoms with van der Waals surface area (Å²) in [4.78, 5) is 19.0. The van der Waals surface area contributed by atoms with Gasteiger partial charge in [0.15, 0.2) is 5.16 Å². The molecule has 2 heterocycles. The third-order valence-electron chi connectivity index (χ3n) is 4.73. The lowest BCUT2D eigenvalue weighted by Crippen LogP contribution is -2.30.